The molecule has 0 aliphatic heterocycles. The molecule has 0 bridgehead atoms. The van der Waals surface area contributed by atoms with Crippen molar-refractivity contribution in [3.63, 3.8) is 0 Å². The van der Waals surface area contributed by atoms with Crippen molar-refractivity contribution in [3.8, 4) is 0 Å². The molecular weight excluding hydrogens is 242 g/mol. The molecule has 2 unspecified atom stereocenters. The van der Waals surface area contributed by atoms with Crippen molar-refractivity contribution in [3.05, 3.63) is 35.9 Å². The molecule has 1 aromatic carbocycles. The predicted octanol–water partition coefficient (Wildman–Crippen LogP) is 1.31. The lowest BCUT2D eigenvalue weighted by atomic mass is 10.1. The van der Waals surface area contributed by atoms with Gasteiger partial charge in [-0.3, -0.25) is 4.99 Å². The molecule has 19 heavy (non-hydrogen) atoms. The Labute approximate surface area is 114 Å². The zero-order chi connectivity index (χ0) is 14.1. The van der Waals surface area contributed by atoms with Crippen molar-refractivity contribution >= 4 is 5.96 Å². The van der Waals surface area contributed by atoms with Crippen molar-refractivity contribution in [2.75, 3.05) is 27.4 Å². The minimum atomic E-state index is -0.0840. The normalized spacial score (nSPS) is 15.0. The summed E-state index contributed by atoms with van der Waals surface area (Å²) in [5.41, 5.74) is 6.90. The van der Waals surface area contributed by atoms with Crippen LogP contribution < -0.4 is 11.1 Å². The number of nitrogens with zero attached hydrogens (tertiary/aromatic N) is 1. The summed E-state index contributed by atoms with van der Waals surface area (Å²) in [6.07, 6.45) is -0.0840. The van der Waals surface area contributed by atoms with E-state index in [9.17, 15) is 0 Å². The summed E-state index contributed by atoms with van der Waals surface area (Å²) in [7, 11) is 3.33. The second-order valence-corrected chi connectivity index (χ2v) is 4.36. The molecule has 0 radical (unpaired) electrons. The maximum atomic E-state index is 5.81. The van der Waals surface area contributed by atoms with Gasteiger partial charge in [0.15, 0.2) is 5.96 Å². The number of methoxy groups -OCH3 is 2. The lowest BCUT2D eigenvalue weighted by Crippen LogP contribution is -2.40. The van der Waals surface area contributed by atoms with E-state index < -0.39 is 0 Å². The Kier molecular flexibility index (Phi) is 6.92. The van der Waals surface area contributed by atoms with Crippen LogP contribution in [0.2, 0.25) is 0 Å². The molecule has 1 aromatic rings. The van der Waals surface area contributed by atoms with Crippen LogP contribution in [0, 0.1) is 0 Å². The Bertz CT molecular complexity index is 382. The molecule has 0 aliphatic carbocycles. The Balaban J connectivity index is 2.52. The molecule has 5 heteroatoms. The van der Waals surface area contributed by atoms with Crippen molar-refractivity contribution in [1.29, 1.82) is 0 Å². The molecule has 106 valence electrons. The minimum Gasteiger partial charge on any atom is -0.383 e. The highest BCUT2D eigenvalue weighted by Crippen LogP contribution is 2.15. The Hall–Kier alpha value is -1.59. The lowest BCUT2D eigenvalue weighted by Gasteiger charge is -2.16. The number of benzene rings is 1. The average molecular weight is 265 g/mol. The minimum absolute atomic E-state index is 0.0840. The van der Waals surface area contributed by atoms with E-state index >= 15 is 0 Å². The predicted molar refractivity (Wildman–Crippen MR) is 77.2 cm³/mol. The van der Waals surface area contributed by atoms with Crippen LogP contribution in [0.15, 0.2) is 35.3 Å². The molecular formula is C14H23N3O2. The fraction of sp³-hybridized carbons (Fsp3) is 0.500. The van der Waals surface area contributed by atoms with Crippen LogP contribution >= 0.6 is 0 Å². The largest absolute Gasteiger partial charge is 0.383 e. The van der Waals surface area contributed by atoms with Gasteiger partial charge in [-0.2, -0.15) is 0 Å². The Morgan fingerprint density at radius 1 is 1.32 bits per heavy atom. The molecule has 0 amide bonds. The van der Waals surface area contributed by atoms with Gasteiger partial charge in [0.2, 0.25) is 0 Å². The van der Waals surface area contributed by atoms with Gasteiger partial charge in [0.1, 0.15) is 6.10 Å². The molecule has 0 spiro atoms. The van der Waals surface area contributed by atoms with Gasteiger partial charge in [-0.1, -0.05) is 30.3 Å². The van der Waals surface area contributed by atoms with Gasteiger partial charge in [0, 0.05) is 20.3 Å². The van der Waals surface area contributed by atoms with Crippen molar-refractivity contribution in [2.24, 2.45) is 10.7 Å². The van der Waals surface area contributed by atoms with Crippen LogP contribution in [0.3, 0.4) is 0 Å². The zero-order valence-electron chi connectivity index (χ0n) is 11.8. The van der Waals surface area contributed by atoms with Crippen molar-refractivity contribution < 1.29 is 9.47 Å². The van der Waals surface area contributed by atoms with Crippen LogP contribution in [0.5, 0.6) is 0 Å². The van der Waals surface area contributed by atoms with E-state index in [1.54, 1.807) is 14.2 Å². The number of hydrogen-bond donors (Lipinski definition) is 2. The number of ether oxygens (including phenoxy) is 2. The third-order valence-corrected chi connectivity index (χ3v) is 2.69. The fourth-order valence-electron chi connectivity index (χ4n) is 1.75. The molecule has 5 nitrogen and oxygen atoms in total. The van der Waals surface area contributed by atoms with Crippen LogP contribution in [0.1, 0.15) is 18.6 Å². The molecule has 0 saturated heterocycles. The maximum Gasteiger partial charge on any atom is 0.188 e. The van der Waals surface area contributed by atoms with Gasteiger partial charge in [0.05, 0.1) is 13.2 Å². The standard InChI is InChI=1S/C14H23N3O2/c1-11(10-18-2)17-14(15)16-9-13(19-3)12-7-5-4-6-8-12/h4-8,11,13H,9-10H2,1-3H3,(H3,15,16,17). The Morgan fingerprint density at radius 3 is 2.58 bits per heavy atom. The number of guanidine groups is 1. The summed E-state index contributed by atoms with van der Waals surface area (Å²) in [5, 5.41) is 3.06. The molecule has 0 saturated carbocycles. The first kappa shape index (κ1) is 15.5. The Morgan fingerprint density at radius 2 is 2.00 bits per heavy atom. The number of hydrogen-bond acceptors (Lipinski definition) is 3. The summed E-state index contributed by atoms with van der Waals surface area (Å²) in [4.78, 5) is 4.30. The molecule has 1 rings (SSSR count). The second-order valence-electron chi connectivity index (χ2n) is 4.36. The maximum absolute atomic E-state index is 5.81. The molecule has 2 atom stereocenters. The monoisotopic (exact) mass is 265 g/mol. The zero-order valence-corrected chi connectivity index (χ0v) is 11.8. The highest BCUT2D eigenvalue weighted by molar-refractivity contribution is 5.78. The van der Waals surface area contributed by atoms with E-state index in [-0.39, 0.29) is 12.1 Å². The average Bonchev–Trinajstić information content (AvgIpc) is 2.41. The van der Waals surface area contributed by atoms with Crippen LogP contribution in [0.4, 0.5) is 0 Å². The van der Waals surface area contributed by atoms with Crippen LogP contribution in [-0.2, 0) is 9.47 Å². The second kappa shape index (κ2) is 8.50. The third kappa shape index (κ3) is 5.72. The van der Waals surface area contributed by atoms with E-state index in [1.807, 2.05) is 37.3 Å². The quantitative estimate of drug-likeness (QED) is 0.576. The number of aliphatic imine (C=N–C) groups is 1. The summed E-state index contributed by atoms with van der Waals surface area (Å²) in [6.45, 7) is 3.05. The highest BCUT2D eigenvalue weighted by Gasteiger charge is 2.09. The number of nitrogens with one attached hydrogen (secondary N) is 1. The first-order valence-corrected chi connectivity index (χ1v) is 6.30. The van der Waals surface area contributed by atoms with Crippen LogP contribution in [0.25, 0.3) is 0 Å². The van der Waals surface area contributed by atoms with E-state index in [1.165, 1.54) is 0 Å². The van der Waals surface area contributed by atoms with E-state index in [0.717, 1.165) is 5.56 Å². The first-order chi connectivity index (χ1) is 9.17. The van der Waals surface area contributed by atoms with E-state index in [2.05, 4.69) is 10.3 Å². The van der Waals surface area contributed by atoms with Gasteiger partial charge >= 0.3 is 0 Å². The third-order valence-electron chi connectivity index (χ3n) is 2.69. The van der Waals surface area contributed by atoms with Crippen LogP contribution in [-0.4, -0.2) is 39.4 Å². The van der Waals surface area contributed by atoms with Gasteiger partial charge in [-0.15, -0.1) is 0 Å². The van der Waals surface area contributed by atoms with Gasteiger partial charge in [-0.25, -0.2) is 0 Å². The molecule has 0 aromatic heterocycles. The summed E-state index contributed by atoms with van der Waals surface area (Å²) in [6, 6.07) is 10.1. The number of nitrogens with two attached hydrogens (primary N) is 1. The number of rotatable bonds is 7. The lowest BCUT2D eigenvalue weighted by molar-refractivity contribution is 0.111. The molecule has 0 fully saturated rings. The summed E-state index contributed by atoms with van der Waals surface area (Å²) in [5.74, 6) is 0.405. The fourth-order valence-corrected chi connectivity index (χ4v) is 1.75. The van der Waals surface area contributed by atoms with Gasteiger partial charge in [0.25, 0.3) is 0 Å². The summed E-state index contributed by atoms with van der Waals surface area (Å²) < 4.78 is 10.4. The van der Waals surface area contributed by atoms with Crippen molar-refractivity contribution in [1.82, 2.24) is 5.32 Å². The van der Waals surface area contributed by atoms with Gasteiger partial charge in [-0.05, 0) is 12.5 Å². The highest BCUT2D eigenvalue weighted by atomic mass is 16.5. The molecule has 3 N–H and O–H groups in total. The summed E-state index contributed by atoms with van der Waals surface area (Å²) >= 11 is 0. The van der Waals surface area contributed by atoms with Gasteiger partial charge < -0.3 is 20.5 Å². The smallest absolute Gasteiger partial charge is 0.188 e. The van der Waals surface area contributed by atoms with E-state index in [4.69, 9.17) is 15.2 Å². The molecule has 0 aliphatic rings. The molecule has 0 heterocycles. The topological polar surface area (TPSA) is 68.9 Å². The first-order valence-electron chi connectivity index (χ1n) is 6.30. The SMILES string of the molecule is COCC(C)NC(N)=NCC(OC)c1ccccc1. The van der Waals surface area contributed by atoms with E-state index in [0.29, 0.717) is 19.1 Å². The van der Waals surface area contributed by atoms with Crippen molar-refractivity contribution in [2.45, 2.75) is 19.1 Å².